The maximum atomic E-state index is 13.2. The zero-order valence-electron chi connectivity index (χ0n) is 27.7. The number of hydrogen-bond acceptors (Lipinski definition) is 11. The number of halogens is 1. The summed E-state index contributed by atoms with van der Waals surface area (Å²) in [7, 11) is -8.49. The highest BCUT2D eigenvalue weighted by Crippen LogP contribution is 2.34. The number of carbonyl (C=O) groups is 1. The Hall–Kier alpha value is -5.61. The minimum absolute atomic E-state index is 0.0136. The van der Waals surface area contributed by atoms with Crippen LogP contribution >= 0.6 is 11.6 Å². The summed E-state index contributed by atoms with van der Waals surface area (Å²) in [6.07, 6.45) is 0. The number of benzene rings is 5. The van der Waals surface area contributed by atoms with Crippen LogP contribution in [0.25, 0.3) is 11.1 Å². The number of aryl methyl sites for hydroxylation is 2. The summed E-state index contributed by atoms with van der Waals surface area (Å²) in [5.74, 6) is -0.432. The summed E-state index contributed by atoms with van der Waals surface area (Å²) in [5.41, 5.74) is 5.72. The number of azo groups is 2. The van der Waals surface area contributed by atoms with Crippen molar-refractivity contribution >= 4 is 66.2 Å². The quantitative estimate of drug-likeness (QED) is 0.0839. The molecule has 6 rings (SSSR count). The maximum Gasteiger partial charge on any atom is 0.339 e. The van der Waals surface area contributed by atoms with Crippen LogP contribution in [0.1, 0.15) is 18.1 Å². The Kier molecular flexibility index (Phi) is 10.1. The molecule has 0 bridgehead atoms. The average molecular weight is 757 g/mol. The molecule has 0 aromatic heterocycles. The van der Waals surface area contributed by atoms with Gasteiger partial charge in [-0.1, -0.05) is 41.9 Å². The van der Waals surface area contributed by atoms with Crippen LogP contribution in [0.15, 0.2) is 145 Å². The minimum atomic E-state index is -4.53. The third-order valence-corrected chi connectivity index (χ3v) is 10.3. The van der Waals surface area contributed by atoms with Gasteiger partial charge in [-0.2, -0.15) is 47.4 Å². The van der Waals surface area contributed by atoms with Crippen LogP contribution in [-0.2, 0) is 25.0 Å². The van der Waals surface area contributed by atoms with Crippen LogP contribution in [-0.4, -0.2) is 39.0 Å². The number of hydrazone groups is 1. The Morgan fingerprint density at radius 3 is 1.88 bits per heavy atom. The lowest BCUT2D eigenvalue weighted by Crippen LogP contribution is -2.30. The number of carbonyl (C=O) groups excluding carboxylic acids is 1. The van der Waals surface area contributed by atoms with E-state index in [2.05, 4.69) is 25.6 Å². The van der Waals surface area contributed by atoms with E-state index in [-0.39, 0.29) is 21.4 Å². The molecule has 5 aromatic carbocycles. The normalized spacial score (nSPS) is 15.1. The van der Waals surface area contributed by atoms with Crippen molar-refractivity contribution in [2.45, 2.75) is 36.6 Å². The van der Waals surface area contributed by atoms with E-state index < -0.39 is 37.1 Å². The monoisotopic (exact) mass is 756 g/mol. The molecular formula is C36H29ClN6O7S2. The molecular weight excluding hydrogens is 728 g/mol. The summed E-state index contributed by atoms with van der Waals surface area (Å²) in [6, 6.07) is 27.7. The summed E-state index contributed by atoms with van der Waals surface area (Å²) in [4.78, 5) is 12.8. The first kappa shape index (κ1) is 36.2. The molecule has 1 amide bonds. The molecule has 1 atom stereocenters. The summed E-state index contributed by atoms with van der Waals surface area (Å²) in [6.45, 7) is 5.48. The number of amides is 1. The van der Waals surface area contributed by atoms with E-state index in [9.17, 15) is 26.2 Å². The zero-order valence-corrected chi connectivity index (χ0v) is 30.1. The van der Waals surface area contributed by atoms with Crippen LogP contribution in [0.5, 0.6) is 5.75 Å². The SMILES string of the molecule is CC1=NN(c2cc(S(=O)(=O)O)ccc2Cl)C(=O)C1N=Nc1ccc(-c2ccc(N=Nc3ccc(OS(=O)(=O)c4ccccc4)cc3)cc2C)c(C)c1. The predicted molar refractivity (Wildman–Crippen MR) is 196 cm³/mol. The van der Waals surface area contributed by atoms with Crippen molar-refractivity contribution in [1.29, 1.82) is 0 Å². The van der Waals surface area contributed by atoms with Crippen LogP contribution in [0.3, 0.4) is 0 Å². The lowest BCUT2D eigenvalue weighted by molar-refractivity contribution is -0.117. The van der Waals surface area contributed by atoms with Gasteiger partial charge in [-0.05, 0) is 122 Å². The lowest BCUT2D eigenvalue weighted by atomic mass is 9.96. The van der Waals surface area contributed by atoms with Crippen LogP contribution in [0, 0.1) is 13.8 Å². The van der Waals surface area contributed by atoms with Crippen molar-refractivity contribution in [1.82, 2.24) is 0 Å². The Morgan fingerprint density at radius 2 is 1.29 bits per heavy atom. The van der Waals surface area contributed by atoms with Crippen LogP contribution in [0.2, 0.25) is 5.02 Å². The standard InChI is InChI=1S/C36H29ClN6O7S2/c1-22-19-26(39-38-25-9-13-28(14-10-25)50-52(48,49)29-7-5-4-6-8-29)11-16-31(22)32-17-12-27(20-23(32)2)40-41-35-24(3)42-43(36(35)44)34-21-30(51(45,46)47)15-18-33(34)37/h4-21,35H,1-3H3,(H,45,46,47). The summed E-state index contributed by atoms with van der Waals surface area (Å²) < 4.78 is 62.8. The largest absolute Gasteiger partial charge is 0.379 e. The van der Waals surface area contributed by atoms with Gasteiger partial charge in [0.05, 0.1) is 38.4 Å². The molecule has 5 aromatic rings. The van der Waals surface area contributed by atoms with E-state index in [4.69, 9.17) is 15.8 Å². The van der Waals surface area contributed by atoms with Gasteiger partial charge in [0.2, 0.25) is 0 Å². The van der Waals surface area contributed by atoms with Gasteiger partial charge in [0.15, 0.2) is 6.04 Å². The van der Waals surface area contributed by atoms with Gasteiger partial charge in [-0.25, -0.2) is 0 Å². The second-order valence-electron chi connectivity index (χ2n) is 11.6. The minimum Gasteiger partial charge on any atom is -0.379 e. The molecule has 0 saturated heterocycles. The Balaban J connectivity index is 1.12. The Labute approximate surface area is 304 Å². The number of nitrogens with zero attached hydrogens (tertiary/aromatic N) is 6. The first-order chi connectivity index (χ1) is 24.7. The van der Waals surface area contributed by atoms with Gasteiger partial charge in [0.1, 0.15) is 10.6 Å². The molecule has 16 heteroatoms. The Morgan fingerprint density at radius 1 is 0.712 bits per heavy atom. The van der Waals surface area contributed by atoms with Crippen molar-refractivity contribution in [3.63, 3.8) is 0 Å². The molecule has 1 N–H and O–H groups in total. The zero-order chi connectivity index (χ0) is 37.2. The van der Waals surface area contributed by atoms with Gasteiger partial charge >= 0.3 is 10.1 Å². The van der Waals surface area contributed by atoms with E-state index in [1.165, 1.54) is 30.3 Å². The molecule has 1 aliphatic heterocycles. The molecule has 0 aliphatic carbocycles. The van der Waals surface area contributed by atoms with E-state index in [1.54, 1.807) is 43.3 Å². The molecule has 13 nitrogen and oxygen atoms in total. The summed E-state index contributed by atoms with van der Waals surface area (Å²) >= 11 is 6.22. The first-order valence-electron chi connectivity index (χ1n) is 15.5. The fourth-order valence-electron chi connectivity index (χ4n) is 5.27. The fraction of sp³-hybridized carbons (Fsp3) is 0.111. The molecule has 1 unspecified atom stereocenters. The smallest absolute Gasteiger partial charge is 0.339 e. The number of anilines is 1. The highest BCUT2D eigenvalue weighted by atomic mass is 35.5. The van der Waals surface area contributed by atoms with E-state index in [1.807, 2.05) is 44.2 Å². The molecule has 0 spiro atoms. The van der Waals surface area contributed by atoms with Crippen molar-refractivity contribution in [3.8, 4) is 16.9 Å². The molecule has 264 valence electrons. The van der Waals surface area contributed by atoms with Gasteiger partial charge in [-0.3, -0.25) is 9.35 Å². The molecule has 1 heterocycles. The van der Waals surface area contributed by atoms with E-state index >= 15 is 0 Å². The van der Waals surface area contributed by atoms with Gasteiger partial charge in [0.25, 0.3) is 16.0 Å². The topological polar surface area (TPSA) is 180 Å². The van der Waals surface area contributed by atoms with E-state index in [0.717, 1.165) is 39.4 Å². The molecule has 1 aliphatic rings. The highest BCUT2D eigenvalue weighted by Gasteiger charge is 2.36. The third kappa shape index (κ3) is 7.97. The van der Waals surface area contributed by atoms with Crippen LogP contribution in [0.4, 0.5) is 22.7 Å². The Bertz CT molecular complexity index is 2510. The number of rotatable bonds is 10. The van der Waals surface area contributed by atoms with Gasteiger partial charge in [-0.15, -0.1) is 0 Å². The maximum absolute atomic E-state index is 13.2. The lowest BCUT2D eigenvalue weighted by Gasteiger charge is -2.15. The fourth-order valence-corrected chi connectivity index (χ4v) is 6.92. The van der Waals surface area contributed by atoms with Gasteiger partial charge < -0.3 is 4.18 Å². The predicted octanol–water partition coefficient (Wildman–Crippen LogP) is 8.93. The average Bonchev–Trinajstić information content (AvgIpc) is 3.39. The van der Waals surface area contributed by atoms with Crippen molar-refractivity contribution < 1.29 is 30.4 Å². The summed E-state index contributed by atoms with van der Waals surface area (Å²) in [5, 5.41) is 22.3. The van der Waals surface area contributed by atoms with Gasteiger partial charge in [0, 0.05) is 0 Å². The molecule has 0 radical (unpaired) electrons. The number of hydrogen-bond donors (Lipinski definition) is 1. The second-order valence-corrected chi connectivity index (χ2v) is 15.0. The molecule has 0 saturated carbocycles. The van der Waals surface area contributed by atoms with Crippen LogP contribution < -0.4 is 9.19 Å². The molecule has 0 fully saturated rings. The third-order valence-electron chi connectivity index (χ3n) is 7.89. The van der Waals surface area contributed by atoms with Crippen molar-refractivity contribution in [2.24, 2.45) is 25.6 Å². The van der Waals surface area contributed by atoms with Crippen molar-refractivity contribution in [2.75, 3.05) is 5.01 Å². The molecule has 52 heavy (non-hydrogen) atoms. The highest BCUT2D eigenvalue weighted by molar-refractivity contribution is 7.87. The van der Waals surface area contributed by atoms with E-state index in [0.29, 0.717) is 22.8 Å². The second kappa shape index (κ2) is 14.6. The van der Waals surface area contributed by atoms with Crippen molar-refractivity contribution in [3.05, 3.63) is 125 Å². The first-order valence-corrected chi connectivity index (χ1v) is 18.7.